The van der Waals surface area contributed by atoms with E-state index in [1.165, 1.54) is 0 Å². The third-order valence-electron chi connectivity index (χ3n) is 3.10. The van der Waals surface area contributed by atoms with E-state index in [0.29, 0.717) is 10.0 Å². The van der Waals surface area contributed by atoms with E-state index in [2.05, 4.69) is 10.4 Å². The lowest BCUT2D eigenvalue weighted by Gasteiger charge is -2.01. The molecule has 21 heavy (non-hydrogen) atoms. The second-order valence-corrected chi connectivity index (χ2v) is 6.43. The van der Waals surface area contributed by atoms with Crippen molar-refractivity contribution < 1.29 is 0 Å². The topological polar surface area (TPSA) is 38.9 Å². The number of nitrogens with zero attached hydrogens (tertiary/aromatic N) is 1. The number of hydrogen-bond donors (Lipinski definition) is 1. The number of anilines is 1. The summed E-state index contributed by atoms with van der Waals surface area (Å²) < 4.78 is 0. The highest BCUT2D eigenvalue weighted by atomic mass is 35.5. The van der Waals surface area contributed by atoms with Crippen LogP contribution in [0.3, 0.4) is 0 Å². The van der Waals surface area contributed by atoms with Gasteiger partial charge in [0.2, 0.25) is 0 Å². The molecule has 2 nitrogen and oxygen atoms in total. The van der Waals surface area contributed by atoms with Crippen LogP contribution >= 0.6 is 34.5 Å². The molecular formula is C16H12Cl2N2S. The maximum absolute atomic E-state index is 6.04. The van der Waals surface area contributed by atoms with Gasteiger partial charge in [-0.05, 0) is 29.8 Å². The van der Waals surface area contributed by atoms with Crippen LogP contribution < -0.4 is 5.73 Å². The average Bonchev–Trinajstić information content (AvgIpc) is 2.92. The average molecular weight is 335 g/mol. The predicted molar refractivity (Wildman–Crippen MR) is 91.2 cm³/mol. The Morgan fingerprint density at radius 3 is 2.48 bits per heavy atom. The van der Waals surface area contributed by atoms with E-state index in [-0.39, 0.29) is 0 Å². The van der Waals surface area contributed by atoms with Crippen LogP contribution in [0.15, 0.2) is 47.8 Å². The molecule has 0 amide bonds. The Balaban J connectivity index is 1.81. The standard InChI is InChI=1S/C16H12Cl2N2S/c17-13-6-1-10(7-14(13)18)8-16-20-15(9-21-16)11-2-4-12(19)5-3-11/h1-7,9H,8,19H2. The first kappa shape index (κ1) is 14.4. The van der Waals surface area contributed by atoms with E-state index in [4.69, 9.17) is 28.9 Å². The SMILES string of the molecule is Nc1ccc(-c2csc(Cc3ccc(Cl)c(Cl)c3)n2)cc1. The summed E-state index contributed by atoms with van der Waals surface area (Å²) in [6.45, 7) is 0. The third-order valence-corrected chi connectivity index (χ3v) is 4.69. The first-order valence-electron chi connectivity index (χ1n) is 6.36. The van der Waals surface area contributed by atoms with Crippen LogP contribution in [0.25, 0.3) is 11.3 Å². The number of thiazole rings is 1. The van der Waals surface area contributed by atoms with Gasteiger partial charge < -0.3 is 5.73 Å². The van der Waals surface area contributed by atoms with Gasteiger partial charge >= 0.3 is 0 Å². The fourth-order valence-corrected chi connectivity index (χ4v) is 3.16. The van der Waals surface area contributed by atoms with Crippen LogP contribution in [0.4, 0.5) is 5.69 Å². The summed E-state index contributed by atoms with van der Waals surface area (Å²) in [6.07, 6.45) is 0.747. The van der Waals surface area contributed by atoms with Gasteiger partial charge in [-0.1, -0.05) is 41.4 Å². The molecule has 0 saturated carbocycles. The molecule has 0 aliphatic heterocycles. The Kier molecular flexibility index (Phi) is 4.15. The van der Waals surface area contributed by atoms with Crippen molar-refractivity contribution in [2.45, 2.75) is 6.42 Å². The van der Waals surface area contributed by atoms with Crippen molar-refractivity contribution >= 4 is 40.2 Å². The van der Waals surface area contributed by atoms with Gasteiger partial charge in [0.05, 0.1) is 20.7 Å². The Hall–Kier alpha value is -1.55. The van der Waals surface area contributed by atoms with Crippen LogP contribution in [0.1, 0.15) is 10.6 Å². The van der Waals surface area contributed by atoms with E-state index in [9.17, 15) is 0 Å². The number of rotatable bonds is 3. The van der Waals surface area contributed by atoms with Gasteiger partial charge in [0.15, 0.2) is 0 Å². The first-order valence-corrected chi connectivity index (χ1v) is 7.99. The molecule has 0 radical (unpaired) electrons. The van der Waals surface area contributed by atoms with Crippen LogP contribution in [0.2, 0.25) is 10.0 Å². The third kappa shape index (κ3) is 3.38. The maximum atomic E-state index is 6.04. The van der Waals surface area contributed by atoms with E-state index < -0.39 is 0 Å². The van der Waals surface area contributed by atoms with Crippen molar-refractivity contribution in [2.24, 2.45) is 0 Å². The van der Waals surface area contributed by atoms with Gasteiger partial charge in [-0.2, -0.15) is 0 Å². The monoisotopic (exact) mass is 334 g/mol. The fourth-order valence-electron chi connectivity index (χ4n) is 2.00. The smallest absolute Gasteiger partial charge is 0.0976 e. The van der Waals surface area contributed by atoms with Crippen molar-refractivity contribution in [3.63, 3.8) is 0 Å². The van der Waals surface area contributed by atoms with Gasteiger partial charge in [0, 0.05) is 23.1 Å². The molecule has 1 heterocycles. The second kappa shape index (κ2) is 6.06. The number of hydrogen-bond acceptors (Lipinski definition) is 3. The predicted octanol–water partition coefficient (Wildman–Crippen LogP) is 5.29. The summed E-state index contributed by atoms with van der Waals surface area (Å²) in [5.74, 6) is 0. The molecule has 0 saturated heterocycles. The lowest BCUT2D eigenvalue weighted by molar-refractivity contribution is 1.14. The molecule has 0 unspecified atom stereocenters. The molecule has 106 valence electrons. The summed E-state index contributed by atoms with van der Waals surface area (Å²) >= 11 is 13.6. The van der Waals surface area contributed by atoms with E-state index in [1.54, 1.807) is 11.3 Å². The van der Waals surface area contributed by atoms with Crippen molar-refractivity contribution in [1.82, 2.24) is 4.98 Å². The van der Waals surface area contributed by atoms with Crippen molar-refractivity contribution in [2.75, 3.05) is 5.73 Å². The van der Waals surface area contributed by atoms with Crippen LogP contribution in [0.5, 0.6) is 0 Å². The molecular weight excluding hydrogens is 323 g/mol. The minimum Gasteiger partial charge on any atom is -0.399 e. The zero-order valence-corrected chi connectivity index (χ0v) is 13.3. The van der Waals surface area contributed by atoms with E-state index in [1.807, 2.05) is 42.5 Å². The Morgan fingerprint density at radius 2 is 1.76 bits per heavy atom. The Morgan fingerprint density at radius 1 is 1.00 bits per heavy atom. The molecule has 0 fully saturated rings. The number of aromatic nitrogens is 1. The highest BCUT2D eigenvalue weighted by Crippen LogP contribution is 2.27. The highest BCUT2D eigenvalue weighted by Gasteiger charge is 2.07. The molecule has 3 rings (SSSR count). The molecule has 2 aromatic carbocycles. The molecule has 3 aromatic rings. The molecule has 5 heteroatoms. The second-order valence-electron chi connectivity index (χ2n) is 4.67. The lowest BCUT2D eigenvalue weighted by atomic mass is 10.1. The quantitative estimate of drug-likeness (QED) is 0.661. The van der Waals surface area contributed by atoms with Gasteiger partial charge in [0.1, 0.15) is 0 Å². The molecule has 0 aliphatic rings. The Bertz CT molecular complexity index is 766. The minimum absolute atomic E-state index is 0.571. The van der Waals surface area contributed by atoms with Crippen molar-refractivity contribution in [1.29, 1.82) is 0 Å². The molecule has 0 atom stereocenters. The van der Waals surface area contributed by atoms with Gasteiger partial charge in [0.25, 0.3) is 0 Å². The fraction of sp³-hybridized carbons (Fsp3) is 0.0625. The van der Waals surface area contributed by atoms with E-state index >= 15 is 0 Å². The van der Waals surface area contributed by atoms with Gasteiger partial charge in [-0.15, -0.1) is 11.3 Å². The molecule has 0 spiro atoms. The van der Waals surface area contributed by atoms with Crippen LogP contribution in [0, 0.1) is 0 Å². The number of halogens is 2. The zero-order valence-electron chi connectivity index (χ0n) is 11.0. The normalized spacial score (nSPS) is 10.8. The first-order chi connectivity index (χ1) is 10.1. The summed E-state index contributed by atoms with van der Waals surface area (Å²) in [5, 5.41) is 4.24. The van der Waals surface area contributed by atoms with Gasteiger partial charge in [-0.25, -0.2) is 4.98 Å². The summed E-state index contributed by atoms with van der Waals surface area (Å²) in [5.41, 5.74) is 9.59. The molecule has 0 bridgehead atoms. The summed E-state index contributed by atoms with van der Waals surface area (Å²) in [4.78, 5) is 4.66. The lowest BCUT2D eigenvalue weighted by Crippen LogP contribution is -1.88. The number of nitrogen functional groups attached to an aromatic ring is 1. The molecule has 2 N–H and O–H groups in total. The summed E-state index contributed by atoms with van der Waals surface area (Å²) in [6, 6.07) is 13.4. The maximum Gasteiger partial charge on any atom is 0.0976 e. The number of nitrogens with two attached hydrogens (primary N) is 1. The minimum atomic E-state index is 0.571. The number of benzene rings is 2. The Labute approximate surface area is 137 Å². The van der Waals surface area contributed by atoms with Crippen LogP contribution in [-0.2, 0) is 6.42 Å². The largest absolute Gasteiger partial charge is 0.399 e. The van der Waals surface area contributed by atoms with Crippen molar-refractivity contribution in [3.8, 4) is 11.3 Å². The highest BCUT2D eigenvalue weighted by molar-refractivity contribution is 7.10. The summed E-state index contributed by atoms with van der Waals surface area (Å²) in [7, 11) is 0. The van der Waals surface area contributed by atoms with Crippen LogP contribution in [-0.4, -0.2) is 4.98 Å². The van der Waals surface area contributed by atoms with E-state index in [0.717, 1.165) is 33.9 Å². The van der Waals surface area contributed by atoms with Crippen molar-refractivity contribution in [3.05, 3.63) is 68.5 Å². The molecule has 1 aromatic heterocycles. The van der Waals surface area contributed by atoms with Gasteiger partial charge in [-0.3, -0.25) is 0 Å². The zero-order chi connectivity index (χ0) is 14.8. The molecule has 0 aliphatic carbocycles.